The lowest BCUT2D eigenvalue weighted by Crippen LogP contribution is -2.46. The predicted molar refractivity (Wildman–Crippen MR) is 114 cm³/mol. The van der Waals surface area contributed by atoms with Gasteiger partial charge in [-0.2, -0.15) is 0 Å². The average molecular weight is 431 g/mol. The largest absolute Gasteiger partial charge is 0.468 e. The van der Waals surface area contributed by atoms with Crippen LogP contribution < -0.4 is 10.6 Å². The van der Waals surface area contributed by atoms with E-state index in [1.165, 1.54) is 7.11 Å². The van der Waals surface area contributed by atoms with Crippen molar-refractivity contribution in [3.05, 3.63) is 35.4 Å². The Morgan fingerprint density at radius 1 is 1.10 bits per heavy atom. The topological polar surface area (TPSA) is 114 Å². The van der Waals surface area contributed by atoms with Crippen molar-refractivity contribution in [1.82, 2.24) is 15.5 Å². The van der Waals surface area contributed by atoms with E-state index >= 15 is 0 Å². The van der Waals surface area contributed by atoms with Crippen LogP contribution in [0.1, 0.15) is 44.9 Å². The standard InChI is InChI=1S/C22H29N3O6/c1-7-15-9-11-16(12-10-15)19(20(28)23-14-18(27)30-6)25(8-2)17(26)13-24-21(29)31-22(3,4)5/h2,9-12,19H,7,13-14H2,1,3-6H3,(H,23,28)(H,24,29). The summed E-state index contributed by atoms with van der Waals surface area (Å²) in [6.07, 6.45) is 5.53. The molecule has 9 heteroatoms. The van der Waals surface area contributed by atoms with Crippen LogP contribution in [0.15, 0.2) is 24.3 Å². The van der Waals surface area contributed by atoms with Crippen molar-refractivity contribution in [1.29, 1.82) is 0 Å². The molecule has 0 heterocycles. The van der Waals surface area contributed by atoms with Crippen LogP contribution in [-0.2, 0) is 30.3 Å². The zero-order chi connectivity index (χ0) is 23.6. The van der Waals surface area contributed by atoms with Crippen LogP contribution >= 0.6 is 0 Å². The van der Waals surface area contributed by atoms with Gasteiger partial charge in [0, 0.05) is 6.04 Å². The third kappa shape index (κ3) is 8.38. The third-order valence-electron chi connectivity index (χ3n) is 4.04. The predicted octanol–water partition coefficient (Wildman–Crippen LogP) is 1.52. The van der Waals surface area contributed by atoms with Crippen molar-refractivity contribution in [2.45, 2.75) is 45.8 Å². The van der Waals surface area contributed by atoms with Gasteiger partial charge in [0.25, 0.3) is 5.91 Å². The number of rotatable bonds is 8. The highest BCUT2D eigenvalue weighted by Gasteiger charge is 2.31. The quantitative estimate of drug-likeness (QED) is 0.367. The molecule has 0 aromatic heterocycles. The van der Waals surface area contributed by atoms with Gasteiger partial charge in [0.1, 0.15) is 24.7 Å². The second-order valence-corrected chi connectivity index (χ2v) is 7.54. The maximum Gasteiger partial charge on any atom is 0.408 e. The first-order valence-electron chi connectivity index (χ1n) is 9.70. The van der Waals surface area contributed by atoms with E-state index in [9.17, 15) is 19.2 Å². The van der Waals surface area contributed by atoms with Gasteiger partial charge in [-0.1, -0.05) is 37.6 Å². The Labute approximate surface area is 182 Å². The van der Waals surface area contributed by atoms with Crippen LogP contribution in [0.5, 0.6) is 0 Å². The number of amides is 3. The Morgan fingerprint density at radius 3 is 2.19 bits per heavy atom. The minimum absolute atomic E-state index is 0.387. The lowest BCUT2D eigenvalue weighted by molar-refractivity contribution is -0.142. The number of esters is 1. The number of hydrogen-bond donors (Lipinski definition) is 2. The monoisotopic (exact) mass is 431 g/mol. The maximum absolute atomic E-state index is 12.8. The van der Waals surface area contributed by atoms with Crippen LogP contribution in [0, 0.1) is 12.5 Å². The van der Waals surface area contributed by atoms with Crippen LogP contribution in [0.3, 0.4) is 0 Å². The first-order chi connectivity index (χ1) is 14.5. The van der Waals surface area contributed by atoms with E-state index in [0.717, 1.165) is 16.9 Å². The van der Waals surface area contributed by atoms with Gasteiger partial charge in [0.05, 0.1) is 7.11 Å². The lowest BCUT2D eigenvalue weighted by Gasteiger charge is -2.27. The van der Waals surface area contributed by atoms with Crippen LogP contribution in [-0.4, -0.2) is 54.6 Å². The van der Waals surface area contributed by atoms with E-state index in [1.807, 2.05) is 19.1 Å². The molecule has 3 amide bonds. The van der Waals surface area contributed by atoms with Crippen molar-refractivity contribution in [2.75, 3.05) is 20.2 Å². The minimum atomic E-state index is -1.21. The van der Waals surface area contributed by atoms with Crippen molar-refractivity contribution in [3.8, 4) is 12.5 Å². The molecule has 1 unspecified atom stereocenters. The number of hydrogen-bond acceptors (Lipinski definition) is 6. The second kappa shape index (κ2) is 11.6. The Balaban J connectivity index is 3.07. The number of alkyl carbamates (subject to hydrolysis) is 1. The second-order valence-electron chi connectivity index (χ2n) is 7.54. The normalized spacial score (nSPS) is 11.5. The molecule has 0 aliphatic carbocycles. The maximum atomic E-state index is 12.8. The molecule has 0 aliphatic rings. The molecule has 1 aromatic carbocycles. The minimum Gasteiger partial charge on any atom is -0.468 e. The fourth-order valence-electron chi connectivity index (χ4n) is 2.52. The highest BCUT2D eigenvalue weighted by Crippen LogP contribution is 2.22. The Hall–Kier alpha value is -3.54. The van der Waals surface area contributed by atoms with E-state index < -0.39 is 42.1 Å². The van der Waals surface area contributed by atoms with E-state index in [-0.39, 0.29) is 6.54 Å². The summed E-state index contributed by atoms with van der Waals surface area (Å²) in [7, 11) is 1.19. The number of ether oxygens (including phenoxy) is 2. The van der Waals surface area contributed by atoms with Crippen molar-refractivity contribution < 1.29 is 28.7 Å². The number of benzene rings is 1. The smallest absolute Gasteiger partial charge is 0.408 e. The summed E-state index contributed by atoms with van der Waals surface area (Å²) < 4.78 is 9.61. The molecule has 0 bridgehead atoms. The van der Waals surface area contributed by atoms with E-state index in [1.54, 1.807) is 32.9 Å². The summed E-state index contributed by atoms with van der Waals surface area (Å²) in [6, 6.07) is 7.97. The summed E-state index contributed by atoms with van der Waals surface area (Å²) in [5, 5.41) is 4.73. The summed E-state index contributed by atoms with van der Waals surface area (Å²) >= 11 is 0. The van der Waals surface area contributed by atoms with Crippen LogP contribution in [0.2, 0.25) is 0 Å². The fraction of sp³-hybridized carbons (Fsp3) is 0.455. The van der Waals surface area contributed by atoms with Crippen molar-refractivity contribution in [2.24, 2.45) is 0 Å². The number of nitrogens with zero attached hydrogens (tertiary/aromatic N) is 1. The van der Waals surface area contributed by atoms with Crippen molar-refractivity contribution in [3.63, 3.8) is 0 Å². The Kier molecular flexibility index (Phi) is 9.54. The Bertz CT molecular complexity index is 836. The first kappa shape index (κ1) is 25.5. The zero-order valence-corrected chi connectivity index (χ0v) is 18.5. The number of carbonyl (C=O) groups excluding carboxylic acids is 4. The number of methoxy groups -OCH3 is 1. The number of nitrogens with one attached hydrogen (secondary N) is 2. The van der Waals surface area contributed by atoms with E-state index in [2.05, 4.69) is 21.4 Å². The molecule has 0 radical (unpaired) electrons. The van der Waals surface area contributed by atoms with E-state index in [4.69, 9.17) is 11.2 Å². The van der Waals surface area contributed by atoms with Gasteiger partial charge in [0.2, 0.25) is 5.91 Å². The van der Waals surface area contributed by atoms with Gasteiger partial charge in [-0.25, -0.2) is 4.79 Å². The van der Waals surface area contributed by atoms with Crippen LogP contribution in [0.25, 0.3) is 0 Å². The van der Waals surface area contributed by atoms with Crippen LogP contribution in [0.4, 0.5) is 4.79 Å². The van der Waals surface area contributed by atoms with Gasteiger partial charge in [-0.3, -0.25) is 19.3 Å². The molecule has 0 spiro atoms. The summed E-state index contributed by atoms with van der Waals surface area (Å²) in [6.45, 7) is 6.17. The summed E-state index contributed by atoms with van der Waals surface area (Å²) in [5.74, 6) is -2.03. The molecule has 9 nitrogen and oxygen atoms in total. The fourth-order valence-corrected chi connectivity index (χ4v) is 2.52. The summed E-state index contributed by atoms with van der Waals surface area (Å²) in [4.78, 5) is 49.7. The molecule has 0 fully saturated rings. The molecule has 0 aliphatic heterocycles. The number of aryl methyl sites for hydroxylation is 1. The SMILES string of the molecule is C#CN(C(=O)CNC(=O)OC(C)(C)C)C(C(=O)NCC(=O)OC)c1ccc(CC)cc1. The zero-order valence-electron chi connectivity index (χ0n) is 18.5. The molecule has 0 saturated heterocycles. The van der Waals surface area contributed by atoms with E-state index in [0.29, 0.717) is 5.56 Å². The molecule has 1 rings (SSSR count). The number of terminal acetylenes is 1. The highest BCUT2D eigenvalue weighted by atomic mass is 16.6. The number of carbonyl (C=O) groups is 4. The van der Waals surface area contributed by atoms with Gasteiger partial charge >= 0.3 is 12.1 Å². The van der Waals surface area contributed by atoms with Gasteiger partial charge in [0.15, 0.2) is 0 Å². The van der Waals surface area contributed by atoms with Crippen molar-refractivity contribution >= 4 is 23.9 Å². The molecule has 31 heavy (non-hydrogen) atoms. The highest BCUT2D eigenvalue weighted by molar-refractivity contribution is 5.92. The lowest BCUT2D eigenvalue weighted by atomic mass is 10.0. The average Bonchev–Trinajstić information content (AvgIpc) is 2.72. The Morgan fingerprint density at radius 2 is 1.71 bits per heavy atom. The van der Waals surface area contributed by atoms with Gasteiger partial charge < -0.3 is 20.1 Å². The van der Waals surface area contributed by atoms with Gasteiger partial charge in [-0.15, -0.1) is 0 Å². The first-order valence-corrected chi connectivity index (χ1v) is 9.70. The molecule has 2 N–H and O–H groups in total. The third-order valence-corrected chi connectivity index (χ3v) is 4.04. The summed E-state index contributed by atoms with van der Waals surface area (Å²) in [5.41, 5.74) is 0.738. The molecule has 0 saturated carbocycles. The molecule has 1 aromatic rings. The molecule has 1 atom stereocenters. The van der Waals surface area contributed by atoms with Gasteiger partial charge in [-0.05, 0) is 38.3 Å². The molecular formula is C22H29N3O6. The molecule has 168 valence electrons. The molecular weight excluding hydrogens is 402 g/mol.